The second-order valence-corrected chi connectivity index (χ2v) is 9.72. The molecule has 0 unspecified atom stereocenters. The third-order valence-electron chi connectivity index (χ3n) is 6.29. The van der Waals surface area contributed by atoms with Gasteiger partial charge in [0.15, 0.2) is 0 Å². The number of nitrogens with zero attached hydrogens (tertiary/aromatic N) is 3. The molecule has 0 N–H and O–H groups in total. The van der Waals surface area contributed by atoms with Gasteiger partial charge in [-0.25, -0.2) is 8.42 Å². The molecular weight excluding hydrogens is 398 g/mol. The Morgan fingerprint density at radius 1 is 0.900 bits per heavy atom. The summed E-state index contributed by atoms with van der Waals surface area (Å²) in [5, 5.41) is 9.04. The summed E-state index contributed by atoms with van der Waals surface area (Å²) >= 11 is 0. The van der Waals surface area contributed by atoms with Crippen LogP contribution >= 0.6 is 0 Å². The Morgan fingerprint density at radius 2 is 1.43 bits per heavy atom. The van der Waals surface area contributed by atoms with E-state index in [1.807, 2.05) is 40.7 Å². The Hall–Kier alpha value is -2.69. The minimum Gasteiger partial charge on any atom is -0.336 e. The molecular formula is C23H27N3O3S. The summed E-state index contributed by atoms with van der Waals surface area (Å²) in [6.07, 6.45) is 0. The molecule has 0 aliphatic carbocycles. The smallest absolute Gasteiger partial charge is 0.253 e. The molecule has 1 saturated heterocycles. The zero-order valence-corrected chi connectivity index (χ0v) is 18.9. The van der Waals surface area contributed by atoms with Crippen LogP contribution in [0, 0.1) is 45.9 Å². The average Bonchev–Trinajstić information content (AvgIpc) is 2.76. The third kappa shape index (κ3) is 3.73. The number of amides is 1. The van der Waals surface area contributed by atoms with Crippen LogP contribution in [-0.2, 0) is 10.0 Å². The Morgan fingerprint density at radius 3 is 1.97 bits per heavy atom. The van der Waals surface area contributed by atoms with Crippen LogP contribution in [0.3, 0.4) is 0 Å². The van der Waals surface area contributed by atoms with Crippen molar-refractivity contribution in [3.63, 3.8) is 0 Å². The normalized spacial score (nSPS) is 15.1. The molecule has 0 bridgehead atoms. The van der Waals surface area contributed by atoms with Crippen LogP contribution < -0.4 is 0 Å². The monoisotopic (exact) mass is 425 g/mol. The zero-order chi connectivity index (χ0) is 22.2. The number of carbonyl (C=O) groups is 1. The first kappa shape index (κ1) is 22.0. The second kappa shape index (κ2) is 8.21. The van der Waals surface area contributed by atoms with Gasteiger partial charge in [-0.3, -0.25) is 4.79 Å². The molecule has 1 heterocycles. The van der Waals surface area contributed by atoms with Gasteiger partial charge in [0.25, 0.3) is 5.91 Å². The molecule has 1 amide bonds. The largest absolute Gasteiger partial charge is 0.336 e. The van der Waals surface area contributed by atoms with Crippen LogP contribution in [0.5, 0.6) is 0 Å². The maximum absolute atomic E-state index is 13.5. The van der Waals surface area contributed by atoms with E-state index < -0.39 is 10.0 Å². The van der Waals surface area contributed by atoms with E-state index >= 15 is 0 Å². The summed E-state index contributed by atoms with van der Waals surface area (Å²) in [5.41, 5.74) is 5.59. The van der Waals surface area contributed by atoms with Crippen molar-refractivity contribution >= 4 is 15.9 Å². The SMILES string of the molecule is Cc1c(C)c(C)c(S(=O)(=O)N2CCN(C(=O)c3cccc(C#N)c3)CC2)c(C)c1C. The number of nitriles is 1. The standard InChI is InChI=1S/C23H27N3O3S/c1-15-16(2)18(4)22(19(5)17(15)3)30(28,29)26-11-9-25(10-12-26)23(27)21-8-6-7-20(13-21)14-24/h6-8,13H,9-12H2,1-5H3. The van der Waals surface area contributed by atoms with E-state index in [0.29, 0.717) is 29.1 Å². The molecule has 7 heteroatoms. The van der Waals surface area contributed by atoms with E-state index in [-0.39, 0.29) is 19.0 Å². The predicted octanol–water partition coefficient (Wildman–Crippen LogP) is 3.25. The lowest BCUT2D eigenvalue weighted by Gasteiger charge is -2.35. The first-order chi connectivity index (χ1) is 14.1. The molecule has 0 radical (unpaired) electrons. The van der Waals surface area contributed by atoms with E-state index in [4.69, 9.17) is 5.26 Å². The van der Waals surface area contributed by atoms with Crippen LogP contribution in [-0.4, -0.2) is 49.7 Å². The van der Waals surface area contributed by atoms with Crippen LogP contribution in [0.2, 0.25) is 0 Å². The molecule has 2 aromatic rings. The van der Waals surface area contributed by atoms with E-state index in [0.717, 1.165) is 27.8 Å². The van der Waals surface area contributed by atoms with E-state index in [1.165, 1.54) is 4.31 Å². The number of carbonyl (C=O) groups excluding carboxylic acids is 1. The molecule has 1 fully saturated rings. The first-order valence-electron chi connectivity index (χ1n) is 9.96. The van der Waals surface area contributed by atoms with Gasteiger partial charge in [0.2, 0.25) is 10.0 Å². The van der Waals surface area contributed by atoms with Gasteiger partial charge >= 0.3 is 0 Å². The van der Waals surface area contributed by atoms with Crippen LogP contribution in [0.4, 0.5) is 0 Å². The van der Waals surface area contributed by atoms with Crippen molar-refractivity contribution in [2.45, 2.75) is 39.5 Å². The number of rotatable bonds is 3. The first-order valence-corrected chi connectivity index (χ1v) is 11.4. The van der Waals surface area contributed by atoms with Gasteiger partial charge in [-0.15, -0.1) is 0 Å². The van der Waals surface area contributed by atoms with E-state index in [2.05, 4.69) is 0 Å². The highest BCUT2D eigenvalue weighted by atomic mass is 32.2. The fourth-order valence-electron chi connectivity index (χ4n) is 4.02. The van der Waals surface area contributed by atoms with Crippen molar-refractivity contribution in [1.82, 2.24) is 9.21 Å². The summed E-state index contributed by atoms with van der Waals surface area (Å²) in [6, 6.07) is 8.61. The zero-order valence-electron chi connectivity index (χ0n) is 18.1. The topological polar surface area (TPSA) is 81.5 Å². The lowest BCUT2D eigenvalue weighted by Crippen LogP contribution is -2.50. The van der Waals surface area contributed by atoms with Crippen molar-refractivity contribution in [3.05, 3.63) is 63.2 Å². The lowest BCUT2D eigenvalue weighted by atomic mass is 9.95. The van der Waals surface area contributed by atoms with Crippen LogP contribution in [0.1, 0.15) is 43.7 Å². The maximum atomic E-state index is 13.5. The van der Waals surface area contributed by atoms with Gasteiger partial charge in [-0.1, -0.05) is 6.07 Å². The number of piperazine rings is 1. The summed E-state index contributed by atoms with van der Waals surface area (Å²) in [6.45, 7) is 10.8. The van der Waals surface area contributed by atoms with Gasteiger partial charge in [-0.05, 0) is 80.6 Å². The van der Waals surface area contributed by atoms with Crippen LogP contribution in [0.15, 0.2) is 29.2 Å². The van der Waals surface area contributed by atoms with Crippen molar-refractivity contribution in [3.8, 4) is 6.07 Å². The van der Waals surface area contributed by atoms with Gasteiger partial charge in [-0.2, -0.15) is 9.57 Å². The summed E-state index contributed by atoms with van der Waals surface area (Å²) in [7, 11) is -3.66. The van der Waals surface area contributed by atoms with E-state index in [1.54, 1.807) is 29.2 Å². The van der Waals surface area contributed by atoms with Gasteiger partial charge in [0.05, 0.1) is 16.5 Å². The molecule has 2 aromatic carbocycles. The maximum Gasteiger partial charge on any atom is 0.253 e. The molecule has 0 spiro atoms. The fourth-order valence-corrected chi connectivity index (χ4v) is 6.00. The summed E-state index contributed by atoms with van der Waals surface area (Å²) < 4.78 is 28.4. The lowest BCUT2D eigenvalue weighted by molar-refractivity contribution is 0.0698. The molecule has 1 aliphatic rings. The highest BCUT2D eigenvalue weighted by Crippen LogP contribution is 2.32. The Kier molecular flexibility index (Phi) is 6.02. The number of hydrogen-bond acceptors (Lipinski definition) is 4. The molecule has 0 aromatic heterocycles. The fraction of sp³-hybridized carbons (Fsp3) is 0.391. The molecule has 3 rings (SSSR count). The summed E-state index contributed by atoms with van der Waals surface area (Å²) in [5.74, 6) is -0.182. The Bertz CT molecular complexity index is 1130. The molecule has 0 atom stereocenters. The minimum atomic E-state index is -3.66. The predicted molar refractivity (Wildman–Crippen MR) is 116 cm³/mol. The quantitative estimate of drug-likeness (QED) is 0.756. The highest BCUT2D eigenvalue weighted by molar-refractivity contribution is 7.89. The number of benzene rings is 2. The van der Waals surface area contributed by atoms with Crippen molar-refractivity contribution in [1.29, 1.82) is 5.26 Å². The van der Waals surface area contributed by atoms with E-state index in [9.17, 15) is 13.2 Å². The molecule has 30 heavy (non-hydrogen) atoms. The molecule has 158 valence electrons. The molecule has 0 saturated carbocycles. The van der Waals surface area contributed by atoms with Crippen molar-refractivity contribution < 1.29 is 13.2 Å². The third-order valence-corrected chi connectivity index (χ3v) is 8.47. The highest BCUT2D eigenvalue weighted by Gasteiger charge is 2.33. The van der Waals surface area contributed by atoms with Crippen molar-refractivity contribution in [2.24, 2.45) is 0 Å². The summed E-state index contributed by atoms with van der Waals surface area (Å²) in [4.78, 5) is 14.8. The second-order valence-electron chi connectivity index (χ2n) is 7.84. The molecule has 6 nitrogen and oxygen atoms in total. The Labute approximate surface area is 178 Å². The minimum absolute atomic E-state index is 0.182. The molecule has 1 aliphatic heterocycles. The van der Waals surface area contributed by atoms with Gasteiger partial charge < -0.3 is 4.90 Å². The number of sulfonamides is 1. The van der Waals surface area contributed by atoms with Crippen LogP contribution in [0.25, 0.3) is 0 Å². The average molecular weight is 426 g/mol. The van der Waals surface area contributed by atoms with Gasteiger partial charge in [0, 0.05) is 31.7 Å². The number of hydrogen-bond donors (Lipinski definition) is 0. The Balaban J connectivity index is 1.83. The van der Waals surface area contributed by atoms with Crippen molar-refractivity contribution in [2.75, 3.05) is 26.2 Å². The van der Waals surface area contributed by atoms with Gasteiger partial charge in [0.1, 0.15) is 0 Å².